The van der Waals surface area contributed by atoms with E-state index in [1.165, 1.54) is 10.7 Å². The molecule has 150 valence electrons. The lowest BCUT2D eigenvalue weighted by molar-refractivity contribution is -0.389. The molecule has 8 nitrogen and oxygen atoms in total. The largest absolute Gasteiger partial charge is 0.390 e. The van der Waals surface area contributed by atoms with Gasteiger partial charge in [-0.3, -0.25) is 9.69 Å². The van der Waals surface area contributed by atoms with Gasteiger partial charge in [0.1, 0.15) is 6.04 Å². The van der Waals surface area contributed by atoms with Gasteiger partial charge in [0.25, 0.3) is 0 Å². The molecular weight excluding hydrogens is 405 g/mol. The molecule has 1 amide bonds. The van der Waals surface area contributed by atoms with Crippen LogP contribution in [0.1, 0.15) is 24.2 Å². The van der Waals surface area contributed by atoms with E-state index >= 15 is 0 Å². The number of piperazine rings is 1. The highest BCUT2D eigenvalue weighted by molar-refractivity contribution is 6.42. The average Bonchev–Trinajstić information content (AvgIpc) is 3.06. The zero-order chi connectivity index (χ0) is 20.4. The van der Waals surface area contributed by atoms with Crippen LogP contribution in [0.4, 0.5) is 5.82 Å². The lowest BCUT2D eigenvalue weighted by atomic mass is 10.2. The molecule has 0 radical (unpaired) electrons. The molecule has 1 aliphatic heterocycles. The number of nitro groups is 1. The molecule has 1 unspecified atom stereocenters. The standard InChI is InChI=1S/C18H21Cl2N5O3/c1-12-9-17(25(27)28)21-24(12)13(2)18(26)23-7-5-22(6-8-23)11-14-3-4-15(19)16(20)10-14/h3-4,9-10,13H,5-8,11H2,1-2H3. The van der Waals surface area contributed by atoms with Gasteiger partial charge in [-0.05, 0) is 36.5 Å². The van der Waals surface area contributed by atoms with Crippen molar-refractivity contribution in [3.8, 4) is 0 Å². The van der Waals surface area contributed by atoms with E-state index < -0.39 is 11.0 Å². The van der Waals surface area contributed by atoms with Gasteiger partial charge < -0.3 is 15.0 Å². The van der Waals surface area contributed by atoms with Crippen molar-refractivity contribution in [1.82, 2.24) is 19.6 Å². The number of halogens is 2. The van der Waals surface area contributed by atoms with Crippen molar-refractivity contribution in [2.24, 2.45) is 0 Å². The molecular formula is C18H21Cl2N5O3. The maximum Gasteiger partial charge on any atom is 0.390 e. The number of nitrogens with zero attached hydrogens (tertiary/aromatic N) is 5. The van der Waals surface area contributed by atoms with E-state index in [0.717, 1.165) is 25.2 Å². The Labute approximate surface area is 172 Å². The van der Waals surface area contributed by atoms with Crippen LogP contribution in [0.15, 0.2) is 24.3 Å². The topological polar surface area (TPSA) is 84.5 Å². The Kier molecular flexibility index (Phi) is 6.22. The first-order valence-electron chi connectivity index (χ1n) is 8.92. The summed E-state index contributed by atoms with van der Waals surface area (Å²) in [5.41, 5.74) is 1.66. The van der Waals surface area contributed by atoms with Gasteiger partial charge in [-0.15, -0.1) is 0 Å². The Hall–Kier alpha value is -2.16. The molecule has 1 aliphatic rings. The second kappa shape index (κ2) is 8.46. The number of rotatable bonds is 5. The predicted molar refractivity (Wildman–Crippen MR) is 107 cm³/mol. The quantitative estimate of drug-likeness (QED) is 0.541. The molecule has 3 rings (SSSR count). The van der Waals surface area contributed by atoms with Crippen LogP contribution in [-0.4, -0.2) is 56.6 Å². The Bertz CT molecular complexity index is 893. The van der Waals surface area contributed by atoms with Gasteiger partial charge in [-0.1, -0.05) is 29.3 Å². The molecule has 1 atom stereocenters. The van der Waals surface area contributed by atoms with Crippen molar-refractivity contribution < 1.29 is 9.72 Å². The number of carbonyl (C=O) groups is 1. The van der Waals surface area contributed by atoms with Crippen molar-refractivity contribution in [2.45, 2.75) is 26.4 Å². The van der Waals surface area contributed by atoms with E-state index in [4.69, 9.17) is 23.2 Å². The second-order valence-electron chi connectivity index (χ2n) is 6.87. The van der Waals surface area contributed by atoms with E-state index in [2.05, 4.69) is 10.00 Å². The summed E-state index contributed by atoms with van der Waals surface area (Å²) in [6, 6.07) is 6.37. The van der Waals surface area contributed by atoms with Crippen LogP contribution in [0.25, 0.3) is 0 Å². The molecule has 2 aromatic rings. The number of hydrogen-bond donors (Lipinski definition) is 0. The number of benzene rings is 1. The van der Waals surface area contributed by atoms with Crippen molar-refractivity contribution in [2.75, 3.05) is 26.2 Å². The molecule has 1 aromatic carbocycles. The molecule has 28 heavy (non-hydrogen) atoms. The normalized spacial score (nSPS) is 16.2. The highest BCUT2D eigenvalue weighted by atomic mass is 35.5. The molecule has 2 heterocycles. The minimum Gasteiger partial charge on any atom is -0.358 e. The maximum atomic E-state index is 12.8. The van der Waals surface area contributed by atoms with E-state index in [1.807, 2.05) is 12.1 Å². The monoisotopic (exact) mass is 425 g/mol. The molecule has 0 saturated carbocycles. The second-order valence-corrected chi connectivity index (χ2v) is 7.69. The van der Waals surface area contributed by atoms with Crippen LogP contribution in [0.5, 0.6) is 0 Å². The first kappa shape index (κ1) is 20.6. The Morgan fingerprint density at radius 3 is 2.46 bits per heavy atom. The zero-order valence-corrected chi connectivity index (χ0v) is 17.2. The summed E-state index contributed by atoms with van der Waals surface area (Å²) >= 11 is 12.0. The van der Waals surface area contributed by atoms with Crippen LogP contribution in [-0.2, 0) is 11.3 Å². The molecule has 0 aliphatic carbocycles. The zero-order valence-electron chi connectivity index (χ0n) is 15.6. The highest BCUT2D eigenvalue weighted by Gasteiger charge is 2.30. The molecule has 1 fully saturated rings. The van der Waals surface area contributed by atoms with Gasteiger partial charge in [0, 0.05) is 32.7 Å². The third-order valence-corrected chi connectivity index (χ3v) is 5.63. The van der Waals surface area contributed by atoms with Crippen molar-refractivity contribution >= 4 is 34.9 Å². The predicted octanol–water partition coefficient (Wildman–Crippen LogP) is 3.31. The van der Waals surface area contributed by atoms with E-state index in [-0.39, 0.29) is 11.7 Å². The van der Waals surface area contributed by atoms with Gasteiger partial charge >= 0.3 is 5.82 Å². The fraction of sp³-hybridized carbons (Fsp3) is 0.444. The molecule has 1 aromatic heterocycles. The minimum absolute atomic E-state index is 0.0877. The maximum absolute atomic E-state index is 12.8. The Morgan fingerprint density at radius 1 is 1.21 bits per heavy atom. The fourth-order valence-electron chi connectivity index (χ4n) is 3.34. The molecule has 0 bridgehead atoms. The Morgan fingerprint density at radius 2 is 1.89 bits per heavy atom. The van der Waals surface area contributed by atoms with E-state index in [1.54, 1.807) is 24.8 Å². The van der Waals surface area contributed by atoms with E-state index in [9.17, 15) is 14.9 Å². The molecule has 10 heteroatoms. The van der Waals surface area contributed by atoms with Crippen LogP contribution >= 0.6 is 23.2 Å². The van der Waals surface area contributed by atoms with Gasteiger partial charge in [-0.2, -0.15) is 4.68 Å². The summed E-state index contributed by atoms with van der Waals surface area (Å²) in [4.78, 5) is 27.2. The van der Waals surface area contributed by atoms with Crippen molar-refractivity contribution in [3.63, 3.8) is 0 Å². The highest BCUT2D eigenvalue weighted by Crippen LogP contribution is 2.24. The summed E-state index contributed by atoms with van der Waals surface area (Å²) in [6.07, 6.45) is 0. The molecule has 0 N–H and O–H groups in total. The van der Waals surface area contributed by atoms with Crippen LogP contribution in [0, 0.1) is 17.0 Å². The lowest BCUT2D eigenvalue weighted by Gasteiger charge is -2.35. The summed E-state index contributed by atoms with van der Waals surface area (Å²) in [5, 5.41) is 15.9. The van der Waals surface area contributed by atoms with Gasteiger partial charge in [0.05, 0.1) is 26.9 Å². The summed E-state index contributed by atoms with van der Waals surface area (Å²) in [5.74, 6) is -0.334. The van der Waals surface area contributed by atoms with Gasteiger partial charge in [0.15, 0.2) is 0 Å². The average molecular weight is 426 g/mol. The smallest absolute Gasteiger partial charge is 0.358 e. The van der Waals surface area contributed by atoms with Gasteiger partial charge in [-0.25, -0.2) is 0 Å². The number of hydrogen-bond acceptors (Lipinski definition) is 5. The summed E-state index contributed by atoms with van der Waals surface area (Å²) in [6.45, 7) is 6.81. The first-order valence-corrected chi connectivity index (χ1v) is 9.67. The lowest BCUT2D eigenvalue weighted by Crippen LogP contribution is -2.50. The molecule has 0 spiro atoms. The number of aryl methyl sites for hydroxylation is 1. The van der Waals surface area contributed by atoms with Crippen molar-refractivity contribution in [1.29, 1.82) is 0 Å². The van der Waals surface area contributed by atoms with Crippen LogP contribution < -0.4 is 0 Å². The third-order valence-electron chi connectivity index (χ3n) is 4.90. The summed E-state index contributed by atoms with van der Waals surface area (Å²) in [7, 11) is 0. The van der Waals surface area contributed by atoms with Crippen LogP contribution in [0.3, 0.4) is 0 Å². The number of carbonyl (C=O) groups excluding carboxylic acids is 1. The minimum atomic E-state index is -0.588. The van der Waals surface area contributed by atoms with Gasteiger partial charge in [0.2, 0.25) is 5.91 Å². The number of amides is 1. The van der Waals surface area contributed by atoms with Crippen LogP contribution in [0.2, 0.25) is 10.0 Å². The SMILES string of the molecule is Cc1cc([N+](=O)[O-])nn1C(C)C(=O)N1CCN(Cc2ccc(Cl)c(Cl)c2)CC1. The Balaban J connectivity index is 1.58. The van der Waals surface area contributed by atoms with E-state index in [0.29, 0.717) is 28.8 Å². The third kappa shape index (κ3) is 4.45. The summed E-state index contributed by atoms with van der Waals surface area (Å²) < 4.78 is 1.42. The fourth-order valence-corrected chi connectivity index (χ4v) is 3.66. The number of aromatic nitrogens is 2. The molecule has 1 saturated heterocycles. The first-order chi connectivity index (χ1) is 13.3. The van der Waals surface area contributed by atoms with Crippen molar-refractivity contribution in [3.05, 3.63) is 55.7 Å².